The first-order valence-electron chi connectivity index (χ1n) is 13.1. The van der Waals surface area contributed by atoms with Crippen LogP contribution in [0.5, 0.6) is 0 Å². The molecular formula is C35H26N2. The molecule has 5 aromatic carbocycles. The van der Waals surface area contributed by atoms with E-state index in [4.69, 9.17) is 0 Å². The van der Waals surface area contributed by atoms with Crippen LogP contribution < -0.4 is 0 Å². The van der Waals surface area contributed by atoms with Crippen LogP contribution in [0.3, 0.4) is 0 Å². The maximum Gasteiger partial charge on any atom is 0.0795 e. The lowest BCUT2D eigenvalue weighted by molar-refractivity contribution is 1.00. The first-order valence-corrected chi connectivity index (χ1v) is 13.1. The molecule has 2 nitrogen and oxygen atoms in total. The van der Waals surface area contributed by atoms with Gasteiger partial charge >= 0.3 is 0 Å². The summed E-state index contributed by atoms with van der Waals surface area (Å²) in [7, 11) is 0. The average Bonchev–Trinajstić information content (AvgIpc) is 3.48. The predicted octanol–water partition coefficient (Wildman–Crippen LogP) is 9.15. The van der Waals surface area contributed by atoms with Crippen LogP contribution >= 0.6 is 0 Å². The Balaban J connectivity index is 1.73. The largest absolute Gasteiger partial charge is 0.307 e. The predicted molar refractivity (Wildman–Crippen MR) is 157 cm³/mol. The van der Waals surface area contributed by atoms with Crippen molar-refractivity contribution in [1.29, 1.82) is 0 Å². The van der Waals surface area contributed by atoms with Gasteiger partial charge in [0.1, 0.15) is 0 Å². The van der Waals surface area contributed by atoms with Crippen molar-refractivity contribution in [1.82, 2.24) is 9.13 Å². The highest BCUT2D eigenvalue weighted by atomic mass is 15.0. The van der Waals surface area contributed by atoms with Gasteiger partial charge in [-0.25, -0.2) is 0 Å². The van der Waals surface area contributed by atoms with Crippen molar-refractivity contribution >= 4 is 49.7 Å². The number of aromatic nitrogens is 2. The van der Waals surface area contributed by atoms with Crippen molar-refractivity contribution < 1.29 is 0 Å². The van der Waals surface area contributed by atoms with Crippen LogP contribution in [0.1, 0.15) is 23.1 Å². The van der Waals surface area contributed by atoms with Crippen LogP contribution in [0.4, 0.5) is 0 Å². The first-order chi connectivity index (χ1) is 18.3. The summed E-state index contributed by atoms with van der Waals surface area (Å²) < 4.78 is 4.99. The monoisotopic (exact) mass is 474 g/mol. The van der Waals surface area contributed by atoms with Gasteiger partial charge < -0.3 is 9.13 Å². The number of hydrogen-bond donors (Lipinski definition) is 0. The number of rotatable bonds is 2. The number of aryl methyl sites for hydroxylation is 2. The van der Waals surface area contributed by atoms with E-state index in [-0.39, 0.29) is 0 Å². The van der Waals surface area contributed by atoms with Gasteiger partial charge in [0.15, 0.2) is 0 Å². The fourth-order valence-corrected chi connectivity index (χ4v) is 6.47. The van der Waals surface area contributed by atoms with E-state index in [1.807, 2.05) is 0 Å². The van der Waals surface area contributed by atoms with Crippen molar-refractivity contribution in [2.24, 2.45) is 0 Å². The van der Waals surface area contributed by atoms with Crippen LogP contribution in [0.2, 0.25) is 0 Å². The molecule has 2 heteroatoms. The van der Waals surface area contributed by atoms with E-state index in [0.717, 1.165) is 12.8 Å². The van der Waals surface area contributed by atoms with Gasteiger partial charge in [0, 0.05) is 32.9 Å². The minimum atomic E-state index is 1.06. The molecule has 0 saturated carbocycles. The molecule has 2 aromatic heterocycles. The Hall–Kier alpha value is -4.56. The third-order valence-corrected chi connectivity index (χ3v) is 8.02. The Morgan fingerprint density at radius 3 is 1.84 bits per heavy atom. The fourth-order valence-electron chi connectivity index (χ4n) is 6.47. The molecule has 0 saturated heterocycles. The third-order valence-electron chi connectivity index (χ3n) is 8.02. The number of nitrogens with zero attached hydrogens (tertiary/aromatic N) is 2. The van der Waals surface area contributed by atoms with E-state index in [2.05, 4.69) is 131 Å². The van der Waals surface area contributed by atoms with Gasteiger partial charge in [-0.1, -0.05) is 84.4 Å². The number of fused-ring (bicyclic) bond motifs is 10. The topological polar surface area (TPSA) is 9.86 Å². The molecule has 0 N–H and O–H groups in total. The van der Waals surface area contributed by atoms with E-state index in [1.165, 1.54) is 71.7 Å². The summed E-state index contributed by atoms with van der Waals surface area (Å²) in [4.78, 5) is 0. The van der Waals surface area contributed by atoms with E-state index >= 15 is 0 Å². The summed E-state index contributed by atoms with van der Waals surface area (Å²) in [5.41, 5.74) is 11.6. The Morgan fingerprint density at radius 2 is 1.14 bits per heavy atom. The molecule has 0 amide bonds. The molecule has 37 heavy (non-hydrogen) atoms. The number of allylic oxidation sites excluding steroid dienone is 1. The number of benzene rings is 5. The van der Waals surface area contributed by atoms with Crippen molar-refractivity contribution in [3.05, 3.63) is 126 Å². The van der Waals surface area contributed by atoms with Crippen molar-refractivity contribution in [2.45, 2.75) is 19.8 Å². The number of para-hydroxylation sites is 3. The van der Waals surface area contributed by atoms with Gasteiger partial charge in [0.2, 0.25) is 0 Å². The average molecular weight is 475 g/mol. The second-order valence-corrected chi connectivity index (χ2v) is 10.2. The van der Waals surface area contributed by atoms with Crippen molar-refractivity contribution in [3.63, 3.8) is 0 Å². The second kappa shape index (κ2) is 7.72. The van der Waals surface area contributed by atoms with E-state index in [1.54, 1.807) is 0 Å². The summed E-state index contributed by atoms with van der Waals surface area (Å²) in [5.74, 6) is 0. The van der Waals surface area contributed by atoms with Crippen molar-refractivity contribution in [2.75, 3.05) is 0 Å². The highest BCUT2D eigenvalue weighted by Crippen LogP contribution is 2.47. The molecular weight excluding hydrogens is 448 g/mol. The van der Waals surface area contributed by atoms with Crippen LogP contribution in [0, 0.1) is 6.92 Å². The first kappa shape index (κ1) is 20.6. The molecule has 0 fully saturated rings. The molecule has 0 aliphatic heterocycles. The summed E-state index contributed by atoms with van der Waals surface area (Å²) >= 11 is 0. The molecule has 0 atom stereocenters. The standard InChI is InChI=1S/C35H26N2/c1-23-19-21-25(22-20-23)37-31-18-10-8-16-29(31)33-27-14-6-5-13-26(27)32-28-15-7-9-17-30(28)36(34(32)35(33)37)24-11-3-2-4-12-24/h2-5,7-13,15-22H,6,14H2,1H3. The highest BCUT2D eigenvalue weighted by molar-refractivity contribution is 6.27. The fraction of sp³-hybridized carbons (Fsp3) is 0.0857. The molecule has 1 aliphatic rings. The molecule has 0 radical (unpaired) electrons. The molecule has 1 aliphatic carbocycles. The smallest absolute Gasteiger partial charge is 0.0795 e. The Kier molecular flexibility index (Phi) is 4.30. The molecule has 8 rings (SSSR count). The van der Waals surface area contributed by atoms with Crippen LogP contribution in [0.25, 0.3) is 61.1 Å². The van der Waals surface area contributed by atoms with E-state index in [0.29, 0.717) is 0 Å². The van der Waals surface area contributed by atoms with Crippen LogP contribution in [-0.4, -0.2) is 9.13 Å². The summed E-state index contributed by atoms with van der Waals surface area (Å²) in [6.07, 6.45) is 6.86. The van der Waals surface area contributed by atoms with Crippen LogP contribution in [-0.2, 0) is 6.42 Å². The Labute approximate surface area is 215 Å². The number of hydrogen-bond acceptors (Lipinski definition) is 0. The van der Waals surface area contributed by atoms with E-state index in [9.17, 15) is 0 Å². The quantitative estimate of drug-likeness (QED) is 0.236. The zero-order valence-corrected chi connectivity index (χ0v) is 20.8. The van der Waals surface area contributed by atoms with Gasteiger partial charge in [-0.05, 0) is 67.3 Å². The van der Waals surface area contributed by atoms with Gasteiger partial charge in [-0.3, -0.25) is 0 Å². The molecule has 0 unspecified atom stereocenters. The third kappa shape index (κ3) is 2.81. The zero-order valence-electron chi connectivity index (χ0n) is 20.8. The minimum absolute atomic E-state index is 1.06. The van der Waals surface area contributed by atoms with Crippen molar-refractivity contribution in [3.8, 4) is 11.4 Å². The molecule has 2 heterocycles. The highest BCUT2D eigenvalue weighted by Gasteiger charge is 2.26. The Bertz CT molecular complexity index is 2020. The van der Waals surface area contributed by atoms with Gasteiger partial charge in [0.05, 0.1) is 22.1 Å². The zero-order chi connectivity index (χ0) is 24.5. The lowest BCUT2D eigenvalue weighted by atomic mass is 9.89. The normalized spacial score (nSPS) is 13.2. The van der Waals surface area contributed by atoms with E-state index < -0.39 is 0 Å². The molecule has 176 valence electrons. The summed E-state index contributed by atoms with van der Waals surface area (Å²) in [6.45, 7) is 2.16. The second-order valence-electron chi connectivity index (χ2n) is 10.2. The molecule has 7 aromatic rings. The van der Waals surface area contributed by atoms with Gasteiger partial charge in [-0.15, -0.1) is 0 Å². The lowest BCUT2D eigenvalue weighted by Crippen LogP contribution is -2.02. The molecule has 0 spiro atoms. The van der Waals surface area contributed by atoms with Crippen LogP contribution in [0.15, 0.2) is 109 Å². The maximum atomic E-state index is 2.50. The van der Waals surface area contributed by atoms with Gasteiger partial charge in [0.25, 0.3) is 0 Å². The maximum absolute atomic E-state index is 2.50. The minimum Gasteiger partial charge on any atom is -0.307 e. The van der Waals surface area contributed by atoms with Gasteiger partial charge in [-0.2, -0.15) is 0 Å². The molecule has 0 bridgehead atoms. The summed E-state index contributed by atoms with van der Waals surface area (Å²) in [5, 5.41) is 5.39. The lowest BCUT2D eigenvalue weighted by Gasteiger charge is -2.18. The summed E-state index contributed by atoms with van der Waals surface area (Å²) in [6, 6.07) is 37.7. The SMILES string of the molecule is Cc1ccc(-n2c3ccccc3c3c4c(c5c6ccccc6n(-c6ccccc6)c5c32)C=CCC4)cc1. The Morgan fingerprint density at radius 1 is 0.568 bits per heavy atom.